The fourth-order valence-corrected chi connectivity index (χ4v) is 1.88. The number of amides is 2. The molecule has 0 saturated heterocycles. The summed E-state index contributed by atoms with van der Waals surface area (Å²) in [5.41, 5.74) is 6.67. The van der Waals surface area contributed by atoms with Crippen LogP contribution in [0.25, 0.3) is 0 Å². The predicted octanol–water partition coefficient (Wildman–Crippen LogP) is 1.32. The van der Waals surface area contributed by atoms with Crippen molar-refractivity contribution in [2.75, 3.05) is 37.7 Å². The smallest absolute Gasteiger partial charge is 0.238 e. The number of nitrogen functional groups attached to an aromatic ring is 1. The minimum atomic E-state index is -0.241. The zero-order valence-electron chi connectivity index (χ0n) is 12.3. The van der Waals surface area contributed by atoms with Crippen LogP contribution in [0.1, 0.15) is 13.3 Å². The van der Waals surface area contributed by atoms with E-state index in [1.54, 1.807) is 30.1 Å². The van der Waals surface area contributed by atoms with Crippen molar-refractivity contribution in [2.24, 2.45) is 0 Å². The molecule has 0 saturated carbocycles. The average Bonchev–Trinajstić information content (AvgIpc) is 2.39. The lowest BCUT2D eigenvalue weighted by Gasteiger charge is -2.16. The Kier molecular flexibility index (Phi) is 6.98. The first-order valence-corrected chi connectivity index (χ1v) is 7.10. The third-order valence-electron chi connectivity index (χ3n) is 2.69. The highest BCUT2D eigenvalue weighted by molar-refractivity contribution is 6.31. The van der Waals surface area contributed by atoms with Crippen LogP contribution >= 0.6 is 11.6 Å². The van der Waals surface area contributed by atoms with Gasteiger partial charge in [0.25, 0.3) is 0 Å². The molecule has 0 fully saturated rings. The predicted molar refractivity (Wildman–Crippen MR) is 85.3 cm³/mol. The fraction of sp³-hybridized carbons (Fsp3) is 0.429. The van der Waals surface area contributed by atoms with Crippen molar-refractivity contribution in [3.05, 3.63) is 23.2 Å². The molecular weight excluding hydrogens is 292 g/mol. The van der Waals surface area contributed by atoms with Crippen molar-refractivity contribution in [3.8, 4) is 0 Å². The number of hydrogen-bond donors (Lipinski definition) is 3. The zero-order chi connectivity index (χ0) is 15.8. The minimum Gasteiger partial charge on any atom is -0.397 e. The van der Waals surface area contributed by atoms with Gasteiger partial charge in [-0.1, -0.05) is 18.5 Å². The molecule has 2 amide bonds. The summed E-state index contributed by atoms with van der Waals surface area (Å²) in [4.78, 5) is 25.0. The molecule has 21 heavy (non-hydrogen) atoms. The summed E-state index contributed by atoms with van der Waals surface area (Å²) in [7, 11) is 1.70. The molecule has 4 N–H and O–H groups in total. The lowest BCUT2D eigenvalue weighted by Crippen LogP contribution is -2.39. The number of benzene rings is 1. The average molecular weight is 313 g/mol. The van der Waals surface area contributed by atoms with E-state index in [2.05, 4.69) is 10.6 Å². The molecule has 7 heteroatoms. The summed E-state index contributed by atoms with van der Waals surface area (Å²) in [5.74, 6) is -0.340. The van der Waals surface area contributed by atoms with Crippen molar-refractivity contribution in [2.45, 2.75) is 13.3 Å². The van der Waals surface area contributed by atoms with E-state index in [0.717, 1.165) is 6.42 Å². The summed E-state index contributed by atoms with van der Waals surface area (Å²) >= 11 is 5.79. The maximum Gasteiger partial charge on any atom is 0.238 e. The highest BCUT2D eigenvalue weighted by Gasteiger charge is 2.11. The molecule has 0 heterocycles. The van der Waals surface area contributed by atoms with Crippen LogP contribution in [0.4, 0.5) is 11.4 Å². The van der Waals surface area contributed by atoms with E-state index in [9.17, 15) is 9.59 Å². The van der Waals surface area contributed by atoms with Crippen LogP contribution in [-0.4, -0.2) is 43.4 Å². The Balaban J connectivity index is 2.44. The molecule has 0 bridgehead atoms. The van der Waals surface area contributed by atoms with Gasteiger partial charge in [0.05, 0.1) is 24.5 Å². The van der Waals surface area contributed by atoms with Crippen LogP contribution in [0.15, 0.2) is 18.2 Å². The summed E-state index contributed by atoms with van der Waals surface area (Å²) in [6.07, 6.45) is 0.881. The first kappa shape index (κ1) is 17.3. The lowest BCUT2D eigenvalue weighted by molar-refractivity contribution is -0.122. The summed E-state index contributed by atoms with van der Waals surface area (Å²) in [6, 6.07) is 4.86. The molecule has 1 rings (SSSR count). The van der Waals surface area contributed by atoms with E-state index in [4.69, 9.17) is 17.3 Å². The van der Waals surface area contributed by atoms with Gasteiger partial charge in [0.15, 0.2) is 0 Å². The van der Waals surface area contributed by atoms with Crippen molar-refractivity contribution >= 4 is 34.8 Å². The molecule has 116 valence electrons. The Morgan fingerprint density at radius 2 is 1.95 bits per heavy atom. The van der Waals surface area contributed by atoms with Crippen LogP contribution in [-0.2, 0) is 9.59 Å². The molecule has 0 aliphatic rings. The highest BCUT2D eigenvalue weighted by atomic mass is 35.5. The van der Waals surface area contributed by atoms with E-state index in [-0.39, 0.29) is 24.9 Å². The Morgan fingerprint density at radius 1 is 1.29 bits per heavy atom. The highest BCUT2D eigenvalue weighted by Crippen LogP contribution is 2.22. The molecular formula is C14H21ClN4O2. The molecule has 6 nitrogen and oxygen atoms in total. The second-order valence-electron chi connectivity index (χ2n) is 4.80. The first-order valence-electron chi connectivity index (χ1n) is 6.72. The lowest BCUT2D eigenvalue weighted by atomic mass is 10.2. The minimum absolute atomic E-state index is 0.0988. The van der Waals surface area contributed by atoms with Gasteiger partial charge in [-0.15, -0.1) is 0 Å². The number of carbonyl (C=O) groups excluding carboxylic acids is 2. The van der Waals surface area contributed by atoms with E-state index in [0.29, 0.717) is 22.9 Å². The van der Waals surface area contributed by atoms with Crippen molar-refractivity contribution < 1.29 is 9.59 Å². The van der Waals surface area contributed by atoms with Gasteiger partial charge in [0.2, 0.25) is 11.8 Å². The van der Waals surface area contributed by atoms with E-state index in [1.165, 1.54) is 0 Å². The topological polar surface area (TPSA) is 87.5 Å². The number of hydrogen-bond acceptors (Lipinski definition) is 4. The number of halogens is 1. The normalized spacial score (nSPS) is 10.5. The van der Waals surface area contributed by atoms with Gasteiger partial charge in [-0.05, 0) is 31.7 Å². The van der Waals surface area contributed by atoms with Gasteiger partial charge in [-0.2, -0.15) is 0 Å². The second-order valence-corrected chi connectivity index (χ2v) is 5.24. The maximum atomic E-state index is 11.9. The monoisotopic (exact) mass is 312 g/mol. The number of rotatable bonds is 7. The molecule has 0 aromatic heterocycles. The molecule has 1 aromatic rings. The van der Waals surface area contributed by atoms with Gasteiger partial charge in [0, 0.05) is 11.6 Å². The number of carbonyl (C=O) groups is 2. The molecule has 0 aliphatic carbocycles. The van der Waals surface area contributed by atoms with Crippen LogP contribution in [0.5, 0.6) is 0 Å². The fourth-order valence-electron chi connectivity index (χ4n) is 1.70. The largest absolute Gasteiger partial charge is 0.397 e. The molecule has 0 unspecified atom stereocenters. The molecule has 0 radical (unpaired) electrons. The van der Waals surface area contributed by atoms with Crippen molar-refractivity contribution in [1.82, 2.24) is 10.2 Å². The van der Waals surface area contributed by atoms with Gasteiger partial charge < -0.3 is 16.4 Å². The van der Waals surface area contributed by atoms with E-state index >= 15 is 0 Å². The quantitative estimate of drug-likeness (QED) is 0.663. The molecule has 0 aliphatic heterocycles. The van der Waals surface area contributed by atoms with Gasteiger partial charge in [0.1, 0.15) is 0 Å². The standard InChI is InChI=1S/C14H21ClN4O2/c1-3-6-17-13(20)8-19(2)9-14(21)18-12-5-4-10(15)7-11(12)16/h4-5,7H,3,6,8-9,16H2,1-2H3,(H,17,20)(H,18,21). The Morgan fingerprint density at radius 3 is 2.57 bits per heavy atom. The Hall–Kier alpha value is -1.79. The number of anilines is 2. The summed E-state index contributed by atoms with van der Waals surface area (Å²) < 4.78 is 0. The second kappa shape index (κ2) is 8.49. The third kappa shape index (κ3) is 6.46. The Labute approximate surface area is 129 Å². The summed E-state index contributed by atoms with van der Waals surface area (Å²) in [6.45, 7) is 2.89. The van der Waals surface area contributed by atoms with Gasteiger partial charge in [-0.25, -0.2) is 0 Å². The molecule has 0 atom stereocenters. The molecule has 0 spiro atoms. The van der Waals surface area contributed by atoms with Crippen LogP contribution in [0.3, 0.4) is 0 Å². The SMILES string of the molecule is CCCNC(=O)CN(C)CC(=O)Nc1ccc(Cl)cc1N. The number of likely N-dealkylation sites (N-methyl/N-ethyl adjacent to an activating group) is 1. The van der Waals surface area contributed by atoms with Crippen molar-refractivity contribution in [3.63, 3.8) is 0 Å². The van der Waals surface area contributed by atoms with Gasteiger partial charge in [-0.3, -0.25) is 14.5 Å². The maximum absolute atomic E-state index is 11.9. The third-order valence-corrected chi connectivity index (χ3v) is 2.92. The van der Waals surface area contributed by atoms with Gasteiger partial charge >= 0.3 is 0 Å². The zero-order valence-corrected chi connectivity index (χ0v) is 13.0. The molecule has 1 aromatic carbocycles. The van der Waals surface area contributed by atoms with Crippen molar-refractivity contribution in [1.29, 1.82) is 0 Å². The Bertz CT molecular complexity index is 508. The number of nitrogens with zero attached hydrogens (tertiary/aromatic N) is 1. The first-order chi connectivity index (χ1) is 9.92. The van der Waals surface area contributed by atoms with Crippen LogP contribution in [0.2, 0.25) is 5.02 Å². The van der Waals surface area contributed by atoms with E-state index in [1.807, 2.05) is 6.92 Å². The summed E-state index contributed by atoms with van der Waals surface area (Å²) in [5, 5.41) is 5.95. The van der Waals surface area contributed by atoms with E-state index < -0.39 is 0 Å². The number of nitrogens with two attached hydrogens (primary N) is 1. The number of nitrogens with one attached hydrogen (secondary N) is 2. The van der Waals surface area contributed by atoms with Crippen LogP contribution in [0, 0.1) is 0 Å². The van der Waals surface area contributed by atoms with Crippen LogP contribution < -0.4 is 16.4 Å².